The number of non-ortho nitro benzene ring substituents is 1. The fourth-order valence-electron chi connectivity index (χ4n) is 2.07. The third-order valence-corrected chi connectivity index (χ3v) is 3.53. The second-order valence-electron chi connectivity index (χ2n) is 5.29. The monoisotopic (exact) mass is 458 g/mol. The molecule has 6 nitrogen and oxygen atoms in total. The quantitative estimate of drug-likeness (QED) is 0.236. The lowest BCUT2D eigenvalue weighted by Gasteiger charge is -2.12. The first kappa shape index (κ1) is 20.8. The van der Waals surface area contributed by atoms with Crippen LogP contribution in [0.1, 0.15) is 16.7 Å². The van der Waals surface area contributed by atoms with Crippen LogP contribution in [0, 0.1) is 22.9 Å². The fraction of sp³-hybridized carbons (Fsp3) is 0.235. The standard InChI is InChI=1S/C17H19FN4O2.HI/c1-12-3-4-14(9-16(12)18)11-21-17(19-2)20-10-13-5-7-15(8-6-13)22(23)24;/h3-9H,10-11H2,1-2H3,(H2,19,20,21);1H. The van der Waals surface area contributed by atoms with Crippen molar-refractivity contribution < 1.29 is 9.31 Å². The van der Waals surface area contributed by atoms with Gasteiger partial charge in [0.2, 0.25) is 0 Å². The molecule has 0 saturated heterocycles. The summed E-state index contributed by atoms with van der Waals surface area (Å²) in [7, 11) is 1.64. The Morgan fingerprint density at radius 3 is 2.20 bits per heavy atom. The van der Waals surface area contributed by atoms with E-state index in [0.717, 1.165) is 11.1 Å². The Kier molecular flexibility index (Phi) is 8.26. The van der Waals surface area contributed by atoms with Crippen molar-refractivity contribution in [3.05, 3.63) is 75.1 Å². The highest BCUT2D eigenvalue weighted by atomic mass is 127. The summed E-state index contributed by atoms with van der Waals surface area (Å²) in [6, 6.07) is 11.4. The van der Waals surface area contributed by atoms with E-state index in [1.54, 1.807) is 32.2 Å². The van der Waals surface area contributed by atoms with Crippen LogP contribution < -0.4 is 10.6 Å². The molecule has 134 valence electrons. The van der Waals surface area contributed by atoms with Gasteiger partial charge in [-0.1, -0.05) is 24.3 Å². The number of benzene rings is 2. The van der Waals surface area contributed by atoms with Crippen LogP contribution in [-0.2, 0) is 13.1 Å². The fourth-order valence-corrected chi connectivity index (χ4v) is 2.07. The van der Waals surface area contributed by atoms with Crippen LogP contribution in [-0.4, -0.2) is 17.9 Å². The van der Waals surface area contributed by atoms with Crippen LogP contribution in [0.15, 0.2) is 47.5 Å². The molecule has 0 aliphatic carbocycles. The molecule has 0 fully saturated rings. The van der Waals surface area contributed by atoms with E-state index >= 15 is 0 Å². The van der Waals surface area contributed by atoms with E-state index in [-0.39, 0.29) is 35.5 Å². The summed E-state index contributed by atoms with van der Waals surface area (Å²) in [4.78, 5) is 14.3. The molecule has 0 atom stereocenters. The summed E-state index contributed by atoms with van der Waals surface area (Å²) in [5, 5.41) is 16.8. The zero-order chi connectivity index (χ0) is 17.5. The SMILES string of the molecule is CN=C(NCc1ccc([N+](=O)[O-])cc1)NCc1ccc(C)c(F)c1.I. The summed E-state index contributed by atoms with van der Waals surface area (Å²) in [5.41, 5.74) is 2.38. The van der Waals surface area contributed by atoms with Gasteiger partial charge in [-0.15, -0.1) is 24.0 Å². The highest BCUT2D eigenvalue weighted by Gasteiger charge is 2.05. The van der Waals surface area contributed by atoms with E-state index in [1.807, 2.05) is 6.07 Å². The van der Waals surface area contributed by atoms with Crippen LogP contribution in [0.3, 0.4) is 0 Å². The van der Waals surface area contributed by atoms with Crippen LogP contribution in [0.25, 0.3) is 0 Å². The molecule has 2 aromatic carbocycles. The van der Waals surface area contributed by atoms with Gasteiger partial charge in [0.05, 0.1) is 4.92 Å². The van der Waals surface area contributed by atoms with Crippen LogP contribution in [0.2, 0.25) is 0 Å². The Bertz CT molecular complexity index is 751. The van der Waals surface area contributed by atoms with Gasteiger partial charge in [-0.05, 0) is 29.7 Å². The van der Waals surface area contributed by atoms with Crippen molar-refractivity contribution in [3.63, 3.8) is 0 Å². The molecular formula is C17H20FIN4O2. The molecule has 0 aliphatic heterocycles. The maximum absolute atomic E-state index is 13.5. The van der Waals surface area contributed by atoms with Crippen molar-refractivity contribution in [2.24, 2.45) is 4.99 Å². The molecule has 0 aromatic heterocycles. The number of hydrogen-bond acceptors (Lipinski definition) is 3. The van der Waals surface area contributed by atoms with Gasteiger partial charge >= 0.3 is 0 Å². The summed E-state index contributed by atoms with van der Waals surface area (Å²) >= 11 is 0. The highest BCUT2D eigenvalue weighted by Crippen LogP contribution is 2.11. The maximum atomic E-state index is 13.5. The largest absolute Gasteiger partial charge is 0.352 e. The van der Waals surface area contributed by atoms with Crippen molar-refractivity contribution in [1.29, 1.82) is 0 Å². The second-order valence-corrected chi connectivity index (χ2v) is 5.29. The molecule has 2 aromatic rings. The van der Waals surface area contributed by atoms with E-state index in [4.69, 9.17) is 0 Å². The van der Waals surface area contributed by atoms with Crippen molar-refractivity contribution in [3.8, 4) is 0 Å². The molecule has 0 bridgehead atoms. The van der Waals surface area contributed by atoms with Crippen LogP contribution in [0.4, 0.5) is 10.1 Å². The molecule has 0 saturated carbocycles. The molecular weight excluding hydrogens is 438 g/mol. The topological polar surface area (TPSA) is 79.6 Å². The Morgan fingerprint density at radius 1 is 1.12 bits per heavy atom. The first-order valence-electron chi connectivity index (χ1n) is 7.42. The highest BCUT2D eigenvalue weighted by molar-refractivity contribution is 14.0. The third kappa shape index (κ3) is 6.29. The Morgan fingerprint density at radius 2 is 1.68 bits per heavy atom. The van der Waals surface area contributed by atoms with E-state index in [0.29, 0.717) is 24.6 Å². The second kappa shape index (κ2) is 9.92. The molecule has 0 spiro atoms. The zero-order valence-corrected chi connectivity index (χ0v) is 16.3. The molecule has 0 amide bonds. The maximum Gasteiger partial charge on any atom is 0.269 e. The average Bonchev–Trinajstić information content (AvgIpc) is 2.58. The number of guanidine groups is 1. The summed E-state index contributed by atoms with van der Waals surface area (Å²) in [6.07, 6.45) is 0. The number of nitro groups is 1. The first-order chi connectivity index (χ1) is 11.5. The molecule has 2 rings (SSSR count). The Balaban J connectivity index is 0.00000312. The van der Waals surface area contributed by atoms with Crippen molar-refractivity contribution >= 4 is 35.6 Å². The molecule has 0 unspecified atom stereocenters. The van der Waals surface area contributed by atoms with Gasteiger partial charge in [-0.2, -0.15) is 0 Å². The van der Waals surface area contributed by atoms with Gasteiger partial charge in [-0.3, -0.25) is 15.1 Å². The number of nitrogens with zero attached hydrogens (tertiary/aromatic N) is 2. The normalized spacial score (nSPS) is 10.8. The smallest absolute Gasteiger partial charge is 0.269 e. The minimum absolute atomic E-state index is 0. The van der Waals surface area contributed by atoms with Crippen LogP contribution in [0.5, 0.6) is 0 Å². The molecule has 25 heavy (non-hydrogen) atoms. The number of halogens is 2. The predicted molar refractivity (Wildman–Crippen MR) is 107 cm³/mol. The lowest BCUT2D eigenvalue weighted by Crippen LogP contribution is -2.36. The minimum Gasteiger partial charge on any atom is -0.352 e. The Hall–Kier alpha value is -2.23. The predicted octanol–water partition coefficient (Wildman–Crippen LogP) is 3.53. The zero-order valence-electron chi connectivity index (χ0n) is 14.0. The van der Waals surface area contributed by atoms with Gasteiger partial charge in [0, 0.05) is 32.3 Å². The van der Waals surface area contributed by atoms with Gasteiger partial charge in [0.1, 0.15) is 5.82 Å². The van der Waals surface area contributed by atoms with E-state index in [9.17, 15) is 14.5 Å². The van der Waals surface area contributed by atoms with E-state index < -0.39 is 4.92 Å². The summed E-state index contributed by atoms with van der Waals surface area (Å²) in [6.45, 7) is 2.63. The Labute approximate surface area is 162 Å². The van der Waals surface area contributed by atoms with Crippen molar-refractivity contribution in [1.82, 2.24) is 10.6 Å². The van der Waals surface area contributed by atoms with Gasteiger partial charge < -0.3 is 10.6 Å². The summed E-state index contributed by atoms with van der Waals surface area (Å²) in [5.74, 6) is 0.331. The summed E-state index contributed by atoms with van der Waals surface area (Å²) < 4.78 is 13.5. The average molecular weight is 458 g/mol. The molecule has 2 N–H and O–H groups in total. The number of rotatable bonds is 5. The van der Waals surface area contributed by atoms with Crippen molar-refractivity contribution in [2.75, 3.05) is 7.05 Å². The van der Waals surface area contributed by atoms with Crippen LogP contribution >= 0.6 is 24.0 Å². The molecule has 0 heterocycles. The first-order valence-corrected chi connectivity index (χ1v) is 7.42. The minimum atomic E-state index is -0.432. The van der Waals surface area contributed by atoms with Gasteiger partial charge in [0.25, 0.3) is 5.69 Å². The third-order valence-electron chi connectivity index (χ3n) is 3.53. The number of nitrogens with one attached hydrogen (secondary N) is 2. The van der Waals surface area contributed by atoms with E-state index in [2.05, 4.69) is 15.6 Å². The lowest BCUT2D eigenvalue weighted by atomic mass is 10.1. The number of aryl methyl sites for hydroxylation is 1. The number of hydrogen-bond donors (Lipinski definition) is 2. The van der Waals surface area contributed by atoms with Crippen molar-refractivity contribution in [2.45, 2.75) is 20.0 Å². The lowest BCUT2D eigenvalue weighted by molar-refractivity contribution is -0.384. The van der Waals surface area contributed by atoms with Gasteiger partial charge in [-0.25, -0.2) is 4.39 Å². The molecule has 0 radical (unpaired) electrons. The molecule has 8 heteroatoms. The number of aliphatic imine (C=N–C) groups is 1. The molecule has 0 aliphatic rings. The number of nitro benzene ring substituents is 1. The van der Waals surface area contributed by atoms with E-state index in [1.165, 1.54) is 18.2 Å². The van der Waals surface area contributed by atoms with Gasteiger partial charge in [0.15, 0.2) is 5.96 Å².